The molecule has 0 aliphatic heterocycles. The molecule has 0 heterocycles. The lowest BCUT2D eigenvalue weighted by atomic mass is 10.0. The Kier molecular flexibility index (Phi) is 9.59. The van der Waals surface area contributed by atoms with Crippen LogP contribution in [0.3, 0.4) is 0 Å². The van der Waals surface area contributed by atoms with Crippen molar-refractivity contribution in [3.8, 4) is 0 Å². The molecule has 0 fully saturated rings. The van der Waals surface area contributed by atoms with Crippen LogP contribution in [0.1, 0.15) is 37.3 Å². The zero-order valence-corrected chi connectivity index (χ0v) is 17.9. The average Bonchev–Trinajstić information content (AvgIpc) is 2.52. The Morgan fingerprint density at radius 2 is 1.81 bits per heavy atom. The third kappa shape index (κ3) is 9.82. The van der Waals surface area contributed by atoms with Crippen LogP contribution in [0.5, 0.6) is 0 Å². The standard InChI is InChI=1S/C18H31NO6P2/c1-15(9-10-17-7-4-6-16(2)14-17)11-13-19(3)12-5-8-18(26(20,21)22)27(23,24)25/h4,6-7,11,14,18H,5,8-10,12-13H2,1-3H3,(H2,20,21,22)(H2,23,24,25)/b15-11+. The van der Waals surface area contributed by atoms with Crippen LogP contribution < -0.4 is 0 Å². The van der Waals surface area contributed by atoms with Crippen LogP contribution >= 0.6 is 15.2 Å². The maximum absolute atomic E-state index is 11.3. The molecule has 0 bridgehead atoms. The van der Waals surface area contributed by atoms with Crippen molar-refractivity contribution < 1.29 is 28.7 Å². The van der Waals surface area contributed by atoms with Gasteiger partial charge in [0.15, 0.2) is 5.40 Å². The number of allylic oxidation sites excluding steroid dienone is 1. The smallest absolute Gasteiger partial charge is 0.324 e. The van der Waals surface area contributed by atoms with E-state index >= 15 is 0 Å². The molecule has 9 heteroatoms. The molecule has 0 amide bonds. The van der Waals surface area contributed by atoms with Gasteiger partial charge in [-0.25, -0.2) is 0 Å². The monoisotopic (exact) mass is 419 g/mol. The van der Waals surface area contributed by atoms with Gasteiger partial charge in [-0.15, -0.1) is 0 Å². The van der Waals surface area contributed by atoms with E-state index in [0.717, 1.165) is 12.8 Å². The molecule has 0 atom stereocenters. The summed E-state index contributed by atoms with van der Waals surface area (Å²) < 4.78 is 22.5. The summed E-state index contributed by atoms with van der Waals surface area (Å²) in [6.07, 6.45) is 4.12. The van der Waals surface area contributed by atoms with Gasteiger partial charge in [0.2, 0.25) is 0 Å². The van der Waals surface area contributed by atoms with E-state index in [1.807, 2.05) is 11.9 Å². The van der Waals surface area contributed by atoms with E-state index in [9.17, 15) is 9.13 Å². The highest BCUT2D eigenvalue weighted by atomic mass is 31.2. The van der Waals surface area contributed by atoms with Crippen molar-refractivity contribution in [1.29, 1.82) is 0 Å². The Morgan fingerprint density at radius 1 is 1.19 bits per heavy atom. The Bertz CT molecular complexity index is 702. The summed E-state index contributed by atoms with van der Waals surface area (Å²) >= 11 is 0. The summed E-state index contributed by atoms with van der Waals surface area (Å²) in [5.74, 6) is 0. The summed E-state index contributed by atoms with van der Waals surface area (Å²) in [5, 5.41) is -1.91. The first-order chi connectivity index (χ1) is 12.4. The molecule has 0 saturated carbocycles. The fourth-order valence-electron chi connectivity index (χ4n) is 2.79. The van der Waals surface area contributed by atoms with Crippen LogP contribution in [0.2, 0.25) is 0 Å². The van der Waals surface area contributed by atoms with Crippen molar-refractivity contribution in [3.63, 3.8) is 0 Å². The van der Waals surface area contributed by atoms with Gasteiger partial charge in [-0.1, -0.05) is 41.5 Å². The predicted molar refractivity (Wildman–Crippen MR) is 108 cm³/mol. The Hall–Kier alpha value is -0.780. The Labute approximate surface area is 161 Å². The SMILES string of the molecule is C/C(=C\CN(C)CCCC(P(=O)(O)O)P(=O)(O)O)CCc1cccc(C)c1. The van der Waals surface area contributed by atoms with Gasteiger partial charge in [0, 0.05) is 6.54 Å². The van der Waals surface area contributed by atoms with E-state index in [2.05, 4.69) is 44.2 Å². The van der Waals surface area contributed by atoms with Gasteiger partial charge in [0.1, 0.15) is 0 Å². The second-order valence-corrected chi connectivity index (χ2v) is 11.1. The molecule has 1 aromatic rings. The third-order valence-corrected chi connectivity index (χ3v) is 8.30. The first kappa shape index (κ1) is 24.3. The number of benzene rings is 1. The molecule has 0 spiro atoms. The number of hydrogen-bond acceptors (Lipinski definition) is 3. The minimum Gasteiger partial charge on any atom is -0.324 e. The van der Waals surface area contributed by atoms with E-state index in [0.29, 0.717) is 19.5 Å². The van der Waals surface area contributed by atoms with Gasteiger partial charge in [-0.2, -0.15) is 0 Å². The zero-order valence-electron chi connectivity index (χ0n) is 16.2. The second-order valence-electron chi connectivity index (χ2n) is 7.10. The van der Waals surface area contributed by atoms with Crippen molar-refractivity contribution in [2.45, 2.75) is 44.9 Å². The molecule has 0 aliphatic carbocycles. The van der Waals surface area contributed by atoms with Gasteiger partial charge in [-0.05, 0) is 58.7 Å². The lowest BCUT2D eigenvalue weighted by molar-refractivity contribution is 0.323. The van der Waals surface area contributed by atoms with Gasteiger partial charge >= 0.3 is 15.2 Å². The molecule has 0 aliphatic rings. The van der Waals surface area contributed by atoms with Crippen LogP contribution in [0, 0.1) is 6.92 Å². The molecule has 27 heavy (non-hydrogen) atoms. The van der Waals surface area contributed by atoms with Crippen LogP contribution in [0.4, 0.5) is 0 Å². The summed E-state index contributed by atoms with van der Waals surface area (Å²) in [5.41, 5.74) is 3.81. The van der Waals surface area contributed by atoms with Crippen molar-refractivity contribution in [3.05, 3.63) is 47.0 Å². The molecule has 0 unspecified atom stereocenters. The molecule has 1 aromatic carbocycles. The van der Waals surface area contributed by atoms with Gasteiger partial charge < -0.3 is 24.5 Å². The normalized spacial score (nSPS) is 13.6. The zero-order chi connectivity index (χ0) is 20.7. The number of rotatable bonds is 11. The number of hydrogen-bond donors (Lipinski definition) is 4. The molecule has 0 radical (unpaired) electrons. The summed E-state index contributed by atoms with van der Waals surface area (Å²) in [6.45, 7) is 5.32. The highest BCUT2D eigenvalue weighted by molar-refractivity contribution is 7.70. The maximum Gasteiger partial charge on any atom is 0.340 e. The number of likely N-dealkylation sites (N-methyl/N-ethyl adjacent to an activating group) is 1. The van der Waals surface area contributed by atoms with E-state index in [1.165, 1.54) is 16.7 Å². The fourth-order valence-corrected chi connectivity index (χ4v) is 5.40. The van der Waals surface area contributed by atoms with Crippen molar-refractivity contribution in [2.75, 3.05) is 20.1 Å². The fraction of sp³-hybridized carbons (Fsp3) is 0.556. The van der Waals surface area contributed by atoms with Crippen LogP contribution in [-0.2, 0) is 15.6 Å². The molecule has 0 saturated heterocycles. The van der Waals surface area contributed by atoms with E-state index in [-0.39, 0.29) is 6.42 Å². The Morgan fingerprint density at radius 3 is 2.37 bits per heavy atom. The summed E-state index contributed by atoms with van der Waals surface area (Å²) in [7, 11) is -7.78. The van der Waals surface area contributed by atoms with Gasteiger partial charge in [0.25, 0.3) is 0 Å². The van der Waals surface area contributed by atoms with Crippen molar-refractivity contribution >= 4 is 15.2 Å². The van der Waals surface area contributed by atoms with E-state index < -0.39 is 20.6 Å². The second kappa shape index (κ2) is 10.7. The minimum absolute atomic E-state index is 0.213. The molecule has 4 N–H and O–H groups in total. The topological polar surface area (TPSA) is 118 Å². The van der Waals surface area contributed by atoms with Crippen LogP contribution in [-0.4, -0.2) is 50.0 Å². The van der Waals surface area contributed by atoms with Crippen LogP contribution in [0.15, 0.2) is 35.9 Å². The average molecular weight is 419 g/mol. The predicted octanol–water partition coefficient (Wildman–Crippen LogP) is 3.27. The third-order valence-electron chi connectivity index (χ3n) is 4.42. The highest BCUT2D eigenvalue weighted by Crippen LogP contribution is 2.61. The molecular weight excluding hydrogens is 388 g/mol. The van der Waals surface area contributed by atoms with Crippen molar-refractivity contribution in [1.82, 2.24) is 4.90 Å². The maximum atomic E-state index is 11.3. The molecule has 7 nitrogen and oxygen atoms in total. The van der Waals surface area contributed by atoms with Crippen molar-refractivity contribution in [2.24, 2.45) is 0 Å². The van der Waals surface area contributed by atoms with E-state index in [1.54, 1.807) is 0 Å². The highest BCUT2D eigenvalue weighted by Gasteiger charge is 2.42. The van der Waals surface area contributed by atoms with Gasteiger partial charge in [0.05, 0.1) is 0 Å². The minimum atomic E-state index is -4.82. The molecule has 154 valence electrons. The van der Waals surface area contributed by atoms with E-state index in [4.69, 9.17) is 19.6 Å². The van der Waals surface area contributed by atoms with Crippen LogP contribution in [0.25, 0.3) is 0 Å². The first-order valence-electron chi connectivity index (χ1n) is 8.89. The summed E-state index contributed by atoms with van der Waals surface area (Å²) in [6, 6.07) is 8.42. The Balaban J connectivity index is 2.40. The largest absolute Gasteiger partial charge is 0.340 e. The molecule has 1 rings (SSSR count). The molecular formula is C18H31NO6P2. The lowest BCUT2D eigenvalue weighted by Gasteiger charge is -2.21. The number of nitrogens with zero attached hydrogens (tertiary/aromatic N) is 1. The summed E-state index contributed by atoms with van der Waals surface area (Å²) in [4.78, 5) is 38.4. The lowest BCUT2D eigenvalue weighted by Crippen LogP contribution is -2.21. The molecule has 0 aromatic heterocycles. The first-order valence-corrected chi connectivity index (χ1v) is 12.3. The van der Waals surface area contributed by atoms with Gasteiger partial charge in [-0.3, -0.25) is 9.13 Å². The quantitative estimate of drug-likeness (QED) is 0.321. The number of aryl methyl sites for hydroxylation is 2.